The third-order valence-corrected chi connectivity index (χ3v) is 3.93. The maximum atomic E-state index is 4.69. The average Bonchev–Trinajstić information content (AvgIpc) is 2.70. The molecule has 0 aliphatic carbocycles. The van der Waals surface area contributed by atoms with Gasteiger partial charge >= 0.3 is 0 Å². The lowest BCUT2D eigenvalue weighted by atomic mass is 10.2. The normalized spacial score (nSPS) is 11.0. The summed E-state index contributed by atoms with van der Waals surface area (Å²) in [5.74, 6) is 0. The molecule has 0 unspecified atom stereocenters. The van der Waals surface area contributed by atoms with Gasteiger partial charge in [-0.15, -0.1) is 0 Å². The monoisotopic (exact) mass is 323 g/mol. The lowest BCUT2D eigenvalue weighted by Gasteiger charge is -2.19. The maximum Gasteiger partial charge on any atom is 0.0838 e. The predicted molar refractivity (Wildman–Crippen MR) is 104 cm³/mol. The molecule has 3 heteroatoms. The minimum absolute atomic E-state index is 0.829. The Bertz CT molecular complexity index is 956. The van der Waals surface area contributed by atoms with Gasteiger partial charge in [0, 0.05) is 5.39 Å². The van der Waals surface area contributed by atoms with E-state index < -0.39 is 0 Å². The largest absolute Gasteiger partial charge is 0.247 e. The van der Waals surface area contributed by atoms with Crippen LogP contribution < -0.4 is 5.01 Å². The molecule has 0 amide bonds. The van der Waals surface area contributed by atoms with E-state index in [-0.39, 0.29) is 0 Å². The van der Waals surface area contributed by atoms with E-state index in [0.717, 1.165) is 28.0 Å². The molecular weight excluding hydrogens is 306 g/mol. The number of rotatable bonds is 4. The van der Waals surface area contributed by atoms with Crippen molar-refractivity contribution < 1.29 is 0 Å². The minimum Gasteiger partial charge on any atom is -0.247 e. The van der Waals surface area contributed by atoms with Crippen molar-refractivity contribution in [3.05, 3.63) is 103 Å². The lowest BCUT2D eigenvalue weighted by Crippen LogP contribution is -2.09. The summed E-state index contributed by atoms with van der Waals surface area (Å²) < 4.78 is 0. The zero-order valence-electron chi connectivity index (χ0n) is 13.7. The summed E-state index contributed by atoms with van der Waals surface area (Å²) in [5, 5.41) is 7.73. The Morgan fingerprint density at radius 1 is 0.640 bits per heavy atom. The van der Waals surface area contributed by atoms with Crippen LogP contribution in [0, 0.1) is 0 Å². The molecule has 0 saturated heterocycles. The first kappa shape index (κ1) is 15.1. The number of nitrogens with zero attached hydrogens (tertiary/aromatic N) is 3. The van der Waals surface area contributed by atoms with Crippen molar-refractivity contribution in [3.8, 4) is 0 Å². The molecular formula is C22H17N3. The maximum absolute atomic E-state index is 4.69. The third-order valence-electron chi connectivity index (χ3n) is 3.93. The Morgan fingerprint density at radius 2 is 1.24 bits per heavy atom. The molecule has 0 aliphatic heterocycles. The molecule has 0 radical (unpaired) electrons. The second kappa shape index (κ2) is 6.97. The minimum atomic E-state index is 0.829. The summed E-state index contributed by atoms with van der Waals surface area (Å²) in [7, 11) is 0. The number of hydrazone groups is 1. The van der Waals surface area contributed by atoms with E-state index in [0.29, 0.717) is 0 Å². The van der Waals surface area contributed by atoms with E-state index in [2.05, 4.69) is 22.2 Å². The highest BCUT2D eigenvalue weighted by molar-refractivity contribution is 5.86. The van der Waals surface area contributed by atoms with Gasteiger partial charge in [-0.25, -0.2) is 9.99 Å². The van der Waals surface area contributed by atoms with E-state index in [1.807, 2.05) is 89.9 Å². The van der Waals surface area contributed by atoms with Gasteiger partial charge in [0.25, 0.3) is 0 Å². The zero-order chi connectivity index (χ0) is 16.9. The van der Waals surface area contributed by atoms with Crippen LogP contribution in [-0.4, -0.2) is 11.2 Å². The second-order valence-corrected chi connectivity index (χ2v) is 5.66. The summed E-state index contributed by atoms with van der Waals surface area (Å²) in [4.78, 5) is 4.66. The molecule has 120 valence electrons. The number of aromatic nitrogens is 1. The van der Waals surface area contributed by atoms with Crippen molar-refractivity contribution in [2.45, 2.75) is 0 Å². The van der Waals surface area contributed by atoms with Crippen LogP contribution in [0.1, 0.15) is 5.69 Å². The van der Waals surface area contributed by atoms with Crippen LogP contribution in [0.5, 0.6) is 0 Å². The fourth-order valence-electron chi connectivity index (χ4n) is 2.69. The van der Waals surface area contributed by atoms with E-state index in [1.165, 1.54) is 0 Å². The molecule has 0 atom stereocenters. The van der Waals surface area contributed by atoms with E-state index >= 15 is 0 Å². The molecule has 0 aliphatic rings. The Hall–Kier alpha value is -3.46. The van der Waals surface area contributed by atoms with Crippen molar-refractivity contribution in [3.63, 3.8) is 0 Å². The molecule has 4 rings (SSSR count). The van der Waals surface area contributed by atoms with Gasteiger partial charge in [-0.1, -0.05) is 60.7 Å². The number of pyridine rings is 1. The van der Waals surface area contributed by atoms with Crippen LogP contribution in [0.15, 0.2) is 102 Å². The van der Waals surface area contributed by atoms with Crippen LogP contribution in [0.3, 0.4) is 0 Å². The number of anilines is 2. The van der Waals surface area contributed by atoms with Crippen LogP contribution in [0.2, 0.25) is 0 Å². The van der Waals surface area contributed by atoms with E-state index in [9.17, 15) is 0 Å². The van der Waals surface area contributed by atoms with Crippen molar-refractivity contribution in [2.75, 3.05) is 5.01 Å². The molecule has 1 aromatic heterocycles. The molecule has 25 heavy (non-hydrogen) atoms. The average molecular weight is 323 g/mol. The fourth-order valence-corrected chi connectivity index (χ4v) is 2.69. The first-order valence-corrected chi connectivity index (χ1v) is 8.20. The Kier molecular flexibility index (Phi) is 4.21. The molecule has 4 aromatic rings. The molecule has 3 aromatic carbocycles. The van der Waals surface area contributed by atoms with Crippen LogP contribution in [-0.2, 0) is 0 Å². The molecule has 0 spiro atoms. The third kappa shape index (κ3) is 3.40. The van der Waals surface area contributed by atoms with Gasteiger partial charge in [0.15, 0.2) is 0 Å². The van der Waals surface area contributed by atoms with Crippen molar-refractivity contribution in [2.24, 2.45) is 5.10 Å². The highest BCUT2D eigenvalue weighted by atomic mass is 15.5. The summed E-state index contributed by atoms with van der Waals surface area (Å²) in [5.41, 5.74) is 3.81. The quantitative estimate of drug-likeness (QED) is 0.371. The molecule has 0 fully saturated rings. The summed E-state index contributed by atoms with van der Waals surface area (Å²) in [6, 6.07) is 32.3. The number of para-hydroxylation sites is 3. The van der Waals surface area contributed by atoms with E-state index in [1.54, 1.807) is 6.21 Å². The molecule has 0 saturated carbocycles. The van der Waals surface area contributed by atoms with Gasteiger partial charge < -0.3 is 0 Å². The van der Waals surface area contributed by atoms with E-state index in [4.69, 9.17) is 0 Å². The van der Waals surface area contributed by atoms with Crippen molar-refractivity contribution >= 4 is 28.5 Å². The highest BCUT2D eigenvalue weighted by Crippen LogP contribution is 2.25. The first-order valence-electron chi connectivity index (χ1n) is 8.20. The van der Waals surface area contributed by atoms with Gasteiger partial charge in [-0.05, 0) is 36.4 Å². The molecule has 3 nitrogen and oxygen atoms in total. The summed E-state index contributed by atoms with van der Waals surface area (Å²) in [6.45, 7) is 0. The number of hydrogen-bond donors (Lipinski definition) is 0. The fraction of sp³-hybridized carbons (Fsp3) is 0. The van der Waals surface area contributed by atoms with Crippen LogP contribution in [0.4, 0.5) is 11.4 Å². The molecule has 0 N–H and O–H groups in total. The van der Waals surface area contributed by atoms with Gasteiger partial charge in [-0.3, -0.25) is 0 Å². The summed E-state index contributed by atoms with van der Waals surface area (Å²) in [6.07, 6.45) is 1.80. The SMILES string of the molecule is C(=NN(c1ccccc1)c1ccccc1)c1ccc2ccccc2n1. The van der Waals surface area contributed by atoms with Crippen LogP contribution in [0.25, 0.3) is 10.9 Å². The van der Waals surface area contributed by atoms with Gasteiger partial charge in [-0.2, -0.15) is 5.10 Å². The Balaban J connectivity index is 1.71. The molecule has 0 bridgehead atoms. The first-order chi connectivity index (χ1) is 12.4. The van der Waals surface area contributed by atoms with Crippen molar-refractivity contribution in [1.29, 1.82) is 0 Å². The summed E-state index contributed by atoms with van der Waals surface area (Å²) >= 11 is 0. The zero-order valence-corrected chi connectivity index (χ0v) is 13.7. The number of hydrogen-bond acceptors (Lipinski definition) is 3. The lowest BCUT2D eigenvalue weighted by molar-refractivity contribution is 1.09. The number of fused-ring (bicyclic) bond motifs is 1. The highest BCUT2D eigenvalue weighted by Gasteiger charge is 2.06. The Morgan fingerprint density at radius 3 is 1.92 bits per heavy atom. The smallest absolute Gasteiger partial charge is 0.0838 e. The van der Waals surface area contributed by atoms with Gasteiger partial charge in [0.05, 0.1) is 28.8 Å². The van der Waals surface area contributed by atoms with Gasteiger partial charge in [0.2, 0.25) is 0 Å². The van der Waals surface area contributed by atoms with Gasteiger partial charge in [0.1, 0.15) is 0 Å². The second-order valence-electron chi connectivity index (χ2n) is 5.66. The van der Waals surface area contributed by atoms with Crippen molar-refractivity contribution in [1.82, 2.24) is 4.98 Å². The predicted octanol–water partition coefficient (Wildman–Crippen LogP) is 5.41. The standard InChI is InChI=1S/C22H17N3/c1-3-10-20(11-4-1)25(21-12-5-2-6-13-21)23-17-19-16-15-18-9-7-8-14-22(18)24-19/h1-17H. The molecule has 1 heterocycles. The van der Waals surface area contributed by atoms with Crippen LogP contribution >= 0.6 is 0 Å². The Labute approximate surface area is 146 Å². The number of benzene rings is 3. The topological polar surface area (TPSA) is 28.5 Å².